The monoisotopic (exact) mass is 231 g/mol. The van der Waals surface area contributed by atoms with E-state index in [1.165, 1.54) is 0 Å². The number of anilines is 1. The molecule has 1 aromatic rings. The van der Waals surface area contributed by atoms with E-state index in [0.29, 0.717) is 0 Å². The molecule has 1 aromatic heterocycles. The van der Waals surface area contributed by atoms with Crippen LogP contribution in [0.15, 0.2) is 6.07 Å². The van der Waals surface area contributed by atoms with Gasteiger partial charge in [0.1, 0.15) is 11.9 Å². The van der Waals surface area contributed by atoms with E-state index < -0.39 is 0 Å². The van der Waals surface area contributed by atoms with Crippen LogP contribution in [0.4, 0.5) is 5.82 Å². The van der Waals surface area contributed by atoms with Gasteiger partial charge in [0.2, 0.25) is 0 Å². The molecule has 0 aliphatic rings. The number of hydrogen-bond donors (Lipinski definition) is 0. The van der Waals surface area contributed by atoms with Crippen molar-refractivity contribution in [2.75, 3.05) is 18.0 Å². The van der Waals surface area contributed by atoms with E-state index in [2.05, 4.69) is 29.8 Å². The van der Waals surface area contributed by atoms with Gasteiger partial charge in [-0.1, -0.05) is 13.8 Å². The van der Waals surface area contributed by atoms with Gasteiger partial charge in [-0.25, -0.2) is 4.98 Å². The number of nitriles is 1. The molecule has 0 fully saturated rings. The molecule has 0 N–H and O–H groups in total. The normalized spacial score (nSPS) is 10.1. The fourth-order valence-electron chi connectivity index (χ4n) is 2.05. The first kappa shape index (κ1) is 13.5. The largest absolute Gasteiger partial charge is 0.356 e. The topological polar surface area (TPSA) is 39.9 Å². The second-order valence-corrected chi connectivity index (χ2v) is 4.38. The molecule has 0 spiro atoms. The lowest BCUT2D eigenvalue weighted by Gasteiger charge is -2.24. The summed E-state index contributed by atoms with van der Waals surface area (Å²) in [5.74, 6) is 0.855. The molecule has 0 unspecified atom stereocenters. The predicted octanol–water partition coefficient (Wildman–Crippen LogP) is 3.20. The Morgan fingerprint density at radius 2 is 1.82 bits per heavy atom. The van der Waals surface area contributed by atoms with Crippen molar-refractivity contribution in [3.05, 3.63) is 22.9 Å². The van der Waals surface area contributed by atoms with E-state index in [0.717, 1.165) is 48.6 Å². The Hall–Kier alpha value is -1.56. The molecule has 1 rings (SSSR count). The molecule has 0 aliphatic carbocycles. The quantitative estimate of drug-likeness (QED) is 0.781. The van der Waals surface area contributed by atoms with Gasteiger partial charge in [0, 0.05) is 18.8 Å². The minimum absolute atomic E-state index is 0.720. The Morgan fingerprint density at radius 3 is 2.29 bits per heavy atom. The molecule has 0 saturated carbocycles. The highest BCUT2D eigenvalue weighted by molar-refractivity contribution is 5.58. The fraction of sp³-hybridized carbons (Fsp3) is 0.571. The van der Waals surface area contributed by atoms with Crippen molar-refractivity contribution in [3.8, 4) is 6.07 Å². The zero-order valence-corrected chi connectivity index (χ0v) is 11.2. The highest BCUT2D eigenvalue weighted by atomic mass is 15.2. The van der Waals surface area contributed by atoms with Crippen LogP contribution >= 0.6 is 0 Å². The van der Waals surface area contributed by atoms with Crippen molar-refractivity contribution in [1.29, 1.82) is 5.26 Å². The summed E-state index contributed by atoms with van der Waals surface area (Å²) < 4.78 is 0. The summed E-state index contributed by atoms with van der Waals surface area (Å²) in [5, 5.41) is 9.26. The van der Waals surface area contributed by atoms with Gasteiger partial charge < -0.3 is 4.90 Å². The van der Waals surface area contributed by atoms with Crippen molar-refractivity contribution < 1.29 is 0 Å². The summed E-state index contributed by atoms with van der Waals surface area (Å²) in [5.41, 5.74) is 2.72. The van der Waals surface area contributed by atoms with E-state index in [1.807, 2.05) is 19.9 Å². The van der Waals surface area contributed by atoms with E-state index in [9.17, 15) is 5.26 Å². The van der Waals surface area contributed by atoms with Gasteiger partial charge in [-0.2, -0.15) is 5.26 Å². The molecule has 0 bridgehead atoms. The van der Waals surface area contributed by atoms with Crippen LogP contribution in [-0.4, -0.2) is 18.1 Å². The fourth-order valence-corrected chi connectivity index (χ4v) is 2.05. The summed E-state index contributed by atoms with van der Waals surface area (Å²) >= 11 is 0. The minimum atomic E-state index is 0.720. The summed E-state index contributed by atoms with van der Waals surface area (Å²) in [6.45, 7) is 10.2. The van der Waals surface area contributed by atoms with Gasteiger partial charge in [-0.15, -0.1) is 0 Å². The zero-order chi connectivity index (χ0) is 12.8. The molecule has 17 heavy (non-hydrogen) atoms. The van der Waals surface area contributed by atoms with Gasteiger partial charge in [0.15, 0.2) is 0 Å². The summed E-state index contributed by atoms with van der Waals surface area (Å²) in [7, 11) is 0. The molecule has 3 nitrogen and oxygen atoms in total. The van der Waals surface area contributed by atoms with Gasteiger partial charge >= 0.3 is 0 Å². The maximum absolute atomic E-state index is 9.26. The van der Waals surface area contributed by atoms with Crippen molar-refractivity contribution in [2.24, 2.45) is 0 Å². The van der Waals surface area contributed by atoms with Crippen molar-refractivity contribution >= 4 is 5.82 Å². The second-order valence-electron chi connectivity index (χ2n) is 4.38. The van der Waals surface area contributed by atoms with Crippen LogP contribution in [0, 0.1) is 25.2 Å². The third-order valence-corrected chi connectivity index (χ3v) is 2.72. The SMILES string of the molecule is CCCN(CCC)c1nc(C)cc(C)c1C#N. The Morgan fingerprint density at radius 1 is 1.24 bits per heavy atom. The molecule has 0 aliphatic heterocycles. The highest BCUT2D eigenvalue weighted by Crippen LogP contribution is 2.22. The van der Waals surface area contributed by atoms with Crippen LogP contribution in [0.1, 0.15) is 43.5 Å². The second kappa shape index (κ2) is 6.24. The Bertz CT molecular complexity index is 412. The molecular formula is C14H21N3. The van der Waals surface area contributed by atoms with Crippen LogP contribution in [0.3, 0.4) is 0 Å². The lowest BCUT2D eigenvalue weighted by Crippen LogP contribution is -2.27. The predicted molar refractivity (Wildman–Crippen MR) is 71.2 cm³/mol. The van der Waals surface area contributed by atoms with E-state index in [1.54, 1.807) is 0 Å². The van der Waals surface area contributed by atoms with Crippen molar-refractivity contribution in [1.82, 2.24) is 4.98 Å². The molecule has 0 radical (unpaired) electrons. The Labute approximate surface area is 104 Å². The van der Waals surface area contributed by atoms with Crippen LogP contribution in [0.5, 0.6) is 0 Å². The van der Waals surface area contributed by atoms with E-state index in [4.69, 9.17) is 0 Å². The number of aryl methyl sites for hydroxylation is 2. The van der Waals surface area contributed by atoms with Crippen molar-refractivity contribution in [3.63, 3.8) is 0 Å². The number of pyridine rings is 1. The average molecular weight is 231 g/mol. The van der Waals surface area contributed by atoms with Crippen molar-refractivity contribution in [2.45, 2.75) is 40.5 Å². The van der Waals surface area contributed by atoms with E-state index >= 15 is 0 Å². The maximum Gasteiger partial charge on any atom is 0.147 e. The molecule has 0 saturated heterocycles. The summed E-state index contributed by atoms with van der Waals surface area (Å²) in [6.07, 6.45) is 2.14. The molecular weight excluding hydrogens is 210 g/mol. The first-order valence-electron chi connectivity index (χ1n) is 6.27. The molecule has 3 heteroatoms. The molecule has 0 amide bonds. The summed E-state index contributed by atoms with van der Waals surface area (Å²) in [4.78, 5) is 6.77. The van der Waals surface area contributed by atoms with Gasteiger partial charge in [-0.3, -0.25) is 0 Å². The highest BCUT2D eigenvalue weighted by Gasteiger charge is 2.14. The van der Waals surface area contributed by atoms with Gasteiger partial charge in [0.25, 0.3) is 0 Å². The van der Waals surface area contributed by atoms with Crippen LogP contribution in [0.25, 0.3) is 0 Å². The zero-order valence-electron chi connectivity index (χ0n) is 11.2. The first-order chi connectivity index (χ1) is 8.13. The molecule has 0 aromatic carbocycles. The third kappa shape index (κ3) is 3.20. The Balaban J connectivity index is 3.21. The van der Waals surface area contributed by atoms with E-state index in [-0.39, 0.29) is 0 Å². The number of rotatable bonds is 5. The number of nitrogens with zero attached hydrogens (tertiary/aromatic N) is 3. The first-order valence-corrected chi connectivity index (χ1v) is 6.27. The van der Waals surface area contributed by atoms with Crippen LogP contribution in [-0.2, 0) is 0 Å². The lowest BCUT2D eigenvalue weighted by atomic mass is 10.1. The molecule has 92 valence electrons. The maximum atomic E-state index is 9.26. The minimum Gasteiger partial charge on any atom is -0.356 e. The summed E-state index contributed by atoms with van der Waals surface area (Å²) in [6, 6.07) is 4.25. The number of aromatic nitrogens is 1. The smallest absolute Gasteiger partial charge is 0.147 e. The van der Waals surface area contributed by atoms with Crippen LogP contribution < -0.4 is 4.90 Å². The van der Waals surface area contributed by atoms with Gasteiger partial charge in [0.05, 0.1) is 5.56 Å². The third-order valence-electron chi connectivity index (χ3n) is 2.72. The van der Waals surface area contributed by atoms with Crippen LogP contribution in [0.2, 0.25) is 0 Å². The molecule has 0 atom stereocenters. The van der Waals surface area contributed by atoms with Gasteiger partial charge in [-0.05, 0) is 38.3 Å². The average Bonchev–Trinajstić information content (AvgIpc) is 2.28. The Kier molecular flexibility index (Phi) is 4.96. The number of hydrogen-bond acceptors (Lipinski definition) is 3. The molecule has 1 heterocycles. The lowest BCUT2D eigenvalue weighted by molar-refractivity contribution is 0.731. The standard InChI is InChI=1S/C14H21N3/c1-5-7-17(8-6-2)14-13(10-15)11(3)9-12(4)16-14/h9H,5-8H2,1-4H3.